The summed E-state index contributed by atoms with van der Waals surface area (Å²) >= 11 is 0. The maximum absolute atomic E-state index is 13.2. The van der Waals surface area contributed by atoms with Crippen molar-refractivity contribution in [2.75, 3.05) is 11.4 Å². The van der Waals surface area contributed by atoms with E-state index in [9.17, 15) is 14.0 Å². The van der Waals surface area contributed by atoms with Gasteiger partial charge < -0.3 is 4.90 Å². The minimum atomic E-state index is -0.891. The monoisotopic (exact) mass is 250 g/mol. The van der Waals surface area contributed by atoms with E-state index in [1.165, 1.54) is 23.1 Å². The van der Waals surface area contributed by atoms with Crippen LogP contribution in [-0.2, 0) is 4.79 Å². The molecular weight excluding hydrogens is 235 g/mol. The largest absolute Gasteiger partial charge is 0.332 e. The lowest BCUT2D eigenvalue weighted by atomic mass is 10.0. The number of anilines is 1. The van der Waals surface area contributed by atoms with Gasteiger partial charge in [-0.2, -0.15) is 0 Å². The summed E-state index contributed by atoms with van der Waals surface area (Å²) in [5.74, 6) is -0.805. The number of hydrogen-bond acceptors (Lipinski definition) is 2. The van der Waals surface area contributed by atoms with Gasteiger partial charge in [0.1, 0.15) is 11.4 Å². The molecule has 1 aromatic carbocycles. The first-order valence-corrected chi connectivity index (χ1v) is 5.81. The average Bonchev–Trinajstić information content (AvgIpc) is 2.46. The van der Waals surface area contributed by atoms with Crippen LogP contribution in [0, 0.1) is 5.82 Å². The molecule has 1 heterocycles. The highest BCUT2D eigenvalue weighted by Crippen LogP contribution is 2.31. The van der Waals surface area contributed by atoms with E-state index in [0.29, 0.717) is 6.54 Å². The molecule has 0 aromatic heterocycles. The van der Waals surface area contributed by atoms with E-state index in [0.717, 1.165) is 4.90 Å². The predicted molar refractivity (Wildman–Crippen MR) is 65.7 cm³/mol. The van der Waals surface area contributed by atoms with Gasteiger partial charge in [-0.3, -0.25) is 4.79 Å². The topological polar surface area (TPSA) is 40.6 Å². The van der Waals surface area contributed by atoms with Crippen LogP contribution in [0.4, 0.5) is 14.9 Å². The van der Waals surface area contributed by atoms with E-state index in [-0.39, 0.29) is 11.6 Å². The SMILES string of the molecule is CCN1C(=O)N(c2cccc(F)c2)C(=O)C1(C)C. The molecule has 1 aliphatic heterocycles. The summed E-state index contributed by atoms with van der Waals surface area (Å²) in [4.78, 5) is 26.9. The number of urea groups is 1. The van der Waals surface area contributed by atoms with Crippen molar-refractivity contribution in [3.05, 3.63) is 30.1 Å². The van der Waals surface area contributed by atoms with Crippen LogP contribution in [0.5, 0.6) is 0 Å². The Hall–Kier alpha value is -1.91. The third kappa shape index (κ3) is 1.66. The molecule has 1 saturated heterocycles. The number of imide groups is 1. The molecule has 0 atom stereocenters. The van der Waals surface area contributed by atoms with Crippen molar-refractivity contribution in [2.45, 2.75) is 26.3 Å². The second kappa shape index (κ2) is 4.08. The molecule has 0 spiro atoms. The molecule has 0 N–H and O–H groups in total. The van der Waals surface area contributed by atoms with Crippen molar-refractivity contribution >= 4 is 17.6 Å². The molecule has 96 valence electrons. The van der Waals surface area contributed by atoms with Crippen LogP contribution < -0.4 is 4.90 Å². The molecule has 4 nitrogen and oxygen atoms in total. The van der Waals surface area contributed by atoms with Gasteiger partial charge in [0.25, 0.3) is 5.91 Å². The van der Waals surface area contributed by atoms with Gasteiger partial charge in [0, 0.05) is 6.54 Å². The molecule has 0 bridgehead atoms. The van der Waals surface area contributed by atoms with Gasteiger partial charge in [0.2, 0.25) is 0 Å². The van der Waals surface area contributed by atoms with Crippen molar-refractivity contribution in [3.8, 4) is 0 Å². The van der Waals surface area contributed by atoms with Crippen LogP contribution in [0.1, 0.15) is 20.8 Å². The third-order valence-electron chi connectivity index (χ3n) is 3.21. The fraction of sp³-hybridized carbons (Fsp3) is 0.385. The molecule has 3 amide bonds. The van der Waals surface area contributed by atoms with E-state index in [1.807, 2.05) is 6.92 Å². The van der Waals surface area contributed by atoms with E-state index < -0.39 is 17.4 Å². The maximum atomic E-state index is 13.2. The summed E-state index contributed by atoms with van der Waals surface area (Å²) in [5, 5.41) is 0. The Labute approximate surface area is 105 Å². The van der Waals surface area contributed by atoms with Gasteiger partial charge >= 0.3 is 6.03 Å². The summed E-state index contributed by atoms with van der Waals surface area (Å²) < 4.78 is 13.2. The number of rotatable bonds is 2. The molecule has 1 aromatic rings. The Morgan fingerprint density at radius 1 is 1.28 bits per heavy atom. The fourth-order valence-electron chi connectivity index (χ4n) is 2.21. The van der Waals surface area contributed by atoms with Gasteiger partial charge in [-0.15, -0.1) is 0 Å². The summed E-state index contributed by atoms with van der Waals surface area (Å²) in [5.41, 5.74) is -0.618. The van der Waals surface area contributed by atoms with E-state index in [4.69, 9.17) is 0 Å². The Morgan fingerprint density at radius 3 is 2.44 bits per heavy atom. The van der Waals surface area contributed by atoms with Crippen LogP contribution in [0.15, 0.2) is 24.3 Å². The zero-order valence-corrected chi connectivity index (χ0v) is 10.6. The van der Waals surface area contributed by atoms with Crippen LogP contribution in [0.2, 0.25) is 0 Å². The Morgan fingerprint density at radius 2 is 1.94 bits per heavy atom. The normalized spacial score (nSPS) is 18.7. The molecule has 2 rings (SSSR count). The lowest BCUT2D eigenvalue weighted by Gasteiger charge is -2.25. The number of hydrogen-bond donors (Lipinski definition) is 0. The van der Waals surface area contributed by atoms with Crippen molar-refractivity contribution in [1.82, 2.24) is 4.90 Å². The standard InChI is InChI=1S/C13H15FN2O2/c1-4-15-12(18)16(11(17)13(15,2)3)10-7-5-6-9(14)8-10/h5-8H,4H2,1-3H3. The first-order chi connectivity index (χ1) is 8.39. The Kier molecular flexibility index (Phi) is 2.84. The van der Waals surface area contributed by atoms with Crippen LogP contribution in [-0.4, -0.2) is 28.9 Å². The molecule has 0 unspecified atom stereocenters. The molecule has 1 fully saturated rings. The van der Waals surface area contributed by atoms with E-state index in [2.05, 4.69) is 0 Å². The fourth-order valence-corrected chi connectivity index (χ4v) is 2.21. The first-order valence-electron chi connectivity index (χ1n) is 5.81. The Bertz CT molecular complexity index is 513. The number of nitrogens with zero attached hydrogens (tertiary/aromatic N) is 2. The molecule has 5 heteroatoms. The van der Waals surface area contributed by atoms with Crippen LogP contribution in [0.3, 0.4) is 0 Å². The summed E-state index contributed by atoms with van der Waals surface area (Å²) in [6.07, 6.45) is 0. The summed E-state index contributed by atoms with van der Waals surface area (Å²) in [7, 11) is 0. The van der Waals surface area contributed by atoms with Gasteiger partial charge in [-0.1, -0.05) is 6.07 Å². The smallest absolute Gasteiger partial charge is 0.310 e. The Balaban J connectivity index is 2.47. The number of carbonyl (C=O) groups excluding carboxylic acids is 2. The van der Waals surface area contributed by atoms with Gasteiger partial charge in [0.15, 0.2) is 0 Å². The second-order valence-electron chi connectivity index (χ2n) is 4.71. The quantitative estimate of drug-likeness (QED) is 0.756. The number of carbonyl (C=O) groups is 2. The molecule has 18 heavy (non-hydrogen) atoms. The zero-order valence-electron chi connectivity index (χ0n) is 10.6. The zero-order chi connectivity index (χ0) is 13.5. The number of benzene rings is 1. The minimum Gasteiger partial charge on any atom is -0.310 e. The van der Waals surface area contributed by atoms with Crippen molar-refractivity contribution in [1.29, 1.82) is 0 Å². The second-order valence-corrected chi connectivity index (χ2v) is 4.71. The van der Waals surface area contributed by atoms with Crippen molar-refractivity contribution in [3.63, 3.8) is 0 Å². The summed E-state index contributed by atoms with van der Waals surface area (Å²) in [6.45, 7) is 5.62. The van der Waals surface area contributed by atoms with Gasteiger partial charge in [-0.05, 0) is 39.0 Å². The van der Waals surface area contributed by atoms with Crippen molar-refractivity contribution in [2.24, 2.45) is 0 Å². The molecule has 0 aliphatic carbocycles. The number of halogens is 1. The number of likely N-dealkylation sites (N-methyl/N-ethyl adjacent to an activating group) is 1. The van der Waals surface area contributed by atoms with E-state index >= 15 is 0 Å². The predicted octanol–water partition coefficient (Wildman–Crippen LogP) is 2.39. The first kappa shape index (κ1) is 12.5. The van der Waals surface area contributed by atoms with Crippen molar-refractivity contribution < 1.29 is 14.0 Å². The third-order valence-corrected chi connectivity index (χ3v) is 3.21. The van der Waals surface area contributed by atoms with Crippen LogP contribution >= 0.6 is 0 Å². The molecule has 1 aliphatic rings. The number of amides is 3. The lowest BCUT2D eigenvalue weighted by molar-refractivity contribution is -0.123. The highest BCUT2D eigenvalue weighted by Gasteiger charge is 2.51. The summed E-state index contributed by atoms with van der Waals surface area (Å²) in [6, 6.07) is 5.08. The highest BCUT2D eigenvalue weighted by atomic mass is 19.1. The highest BCUT2D eigenvalue weighted by molar-refractivity contribution is 6.22. The van der Waals surface area contributed by atoms with E-state index in [1.54, 1.807) is 19.9 Å². The van der Waals surface area contributed by atoms with Gasteiger partial charge in [-0.25, -0.2) is 14.1 Å². The van der Waals surface area contributed by atoms with Crippen LogP contribution in [0.25, 0.3) is 0 Å². The average molecular weight is 250 g/mol. The molecule has 0 radical (unpaired) electrons. The molecular formula is C13H15FN2O2. The maximum Gasteiger partial charge on any atom is 0.332 e. The minimum absolute atomic E-state index is 0.272. The lowest BCUT2D eigenvalue weighted by Crippen LogP contribution is -2.43. The van der Waals surface area contributed by atoms with Gasteiger partial charge in [0.05, 0.1) is 5.69 Å². The molecule has 0 saturated carbocycles.